The van der Waals surface area contributed by atoms with Crippen molar-refractivity contribution >= 4 is 23.2 Å². The van der Waals surface area contributed by atoms with E-state index in [0.717, 1.165) is 24.6 Å². The molecule has 0 saturated heterocycles. The number of hydrazone groups is 1. The smallest absolute Gasteiger partial charge is 0.362 e. The highest BCUT2D eigenvalue weighted by Gasteiger charge is 2.19. The predicted molar refractivity (Wildman–Crippen MR) is 89.1 cm³/mol. The molecule has 0 aromatic heterocycles. The van der Waals surface area contributed by atoms with Crippen LogP contribution >= 0.6 is 0 Å². The molecule has 0 atom stereocenters. The first-order chi connectivity index (χ1) is 12.0. The summed E-state index contributed by atoms with van der Waals surface area (Å²) in [6.07, 6.45) is 0. The van der Waals surface area contributed by atoms with Crippen molar-refractivity contribution < 1.29 is 18.7 Å². The Morgan fingerprint density at radius 2 is 1.96 bits per heavy atom. The number of carbonyl (C=O) groups is 2. The van der Waals surface area contributed by atoms with E-state index in [2.05, 4.69) is 10.5 Å². The second-order valence-corrected chi connectivity index (χ2v) is 5.03. The first-order valence-corrected chi connectivity index (χ1v) is 7.26. The van der Waals surface area contributed by atoms with E-state index in [1.165, 1.54) is 6.07 Å². The molecule has 25 heavy (non-hydrogen) atoms. The second-order valence-electron chi connectivity index (χ2n) is 5.03. The van der Waals surface area contributed by atoms with Gasteiger partial charge in [0, 0.05) is 6.92 Å². The first kappa shape index (κ1) is 17.8. The van der Waals surface area contributed by atoms with E-state index in [1.54, 1.807) is 30.3 Å². The van der Waals surface area contributed by atoms with E-state index in [9.17, 15) is 14.0 Å². The summed E-state index contributed by atoms with van der Waals surface area (Å²) in [5.41, 5.74) is 2.90. The zero-order chi connectivity index (χ0) is 18.2. The van der Waals surface area contributed by atoms with Crippen LogP contribution in [0.2, 0.25) is 0 Å². The summed E-state index contributed by atoms with van der Waals surface area (Å²) in [6, 6.07) is 14.2. The molecule has 0 radical (unpaired) electrons. The Hall–Kier alpha value is -3.53. The number of nitrogens with zero attached hydrogens (tertiary/aromatic N) is 2. The van der Waals surface area contributed by atoms with Crippen LogP contribution in [0.25, 0.3) is 0 Å². The molecule has 0 unspecified atom stereocenters. The summed E-state index contributed by atoms with van der Waals surface area (Å²) >= 11 is 0. The predicted octanol–water partition coefficient (Wildman–Crippen LogP) is 2.80. The molecule has 0 saturated carbocycles. The number of nitriles is 1. The van der Waals surface area contributed by atoms with Crippen molar-refractivity contribution in [1.82, 2.24) is 0 Å². The van der Waals surface area contributed by atoms with E-state index in [1.807, 2.05) is 6.07 Å². The molecule has 0 aliphatic carbocycles. The summed E-state index contributed by atoms with van der Waals surface area (Å²) in [6.45, 7) is 1.15. The quantitative estimate of drug-likeness (QED) is 0.378. The molecule has 0 heterocycles. The van der Waals surface area contributed by atoms with Crippen molar-refractivity contribution in [3.05, 3.63) is 65.5 Å². The number of anilines is 1. The van der Waals surface area contributed by atoms with Crippen LogP contribution in [0.4, 0.5) is 10.1 Å². The fraction of sp³-hybridized carbons (Fsp3) is 0.111. The van der Waals surface area contributed by atoms with Gasteiger partial charge in [-0.2, -0.15) is 10.4 Å². The van der Waals surface area contributed by atoms with Gasteiger partial charge in [0.15, 0.2) is 5.78 Å². The van der Waals surface area contributed by atoms with Gasteiger partial charge in [-0.3, -0.25) is 10.2 Å². The molecule has 0 aliphatic rings. The van der Waals surface area contributed by atoms with Crippen LogP contribution < -0.4 is 5.43 Å². The van der Waals surface area contributed by atoms with Gasteiger partial charge in [0.25, 0.3) is 0 Å². The van der Waals surface area contributed by atoms with Crippen LogP contribution in [-0.2, 0) is 20.9 Å². The van der Waals surface area contributed by atoms with Crippen LogP contribution in [-0.4, -0.2) is 17.5 Å². The number of Topliss-reactive ketones (excluding diaryl/α,β-unsaturated/α-hetero) is 1. The standard InChI is InChI=1S/C18H14FN3O3/c1-12(23)17(18(24)25-11-13-5-3-2-4-6-13)22-21-16-8-14(10-20)7-15(19)9-16/h2-9,21H,11H2,1H3/b22-17+. The molecule has 0 aliphatic heterocycles. The topological polar surface area (TPSA) is 91.5 Å². The lowest BCUT2D eigenvalue weighted by molar-refractivity contribution is -0.137. The zero-order valence-electron chi connectivity index (χ0n) is 13.3. The normalized spacial score (nSPS) is 10.7. The van der Waals surface area contributed by atoms with Crippen LogP contribution in [0, 0.1) is 17.1 Å². The van der Waals surface area contributed by atoms with Crippen molar-refractivity contribution in [3.8, 4) is 6.07 Å². The van der Waals surface area contributed by atoms with Gasteiger partial charge in [0.1, 0.15) is 12.4 Å². The molecule has 0 fully saturated rings. The van der Waals surface area contributed by atoms with E-state index in [4.69, 9.17) is 10.00 Å². The Morgan fingerprint density at radius 3 is 2.60 bits per heavy atom. The number of rotatable bonds is 6. The van der Waals surface area contributed by atoms with Gasteiger partial charge in [-0.15, -0.1) is 0 Å². The van der Waals surface area contributed by atoms with Gasteiger partial charge in [0.05, 0.1) is 17.3 Å². The third kappa shape index (κ3) is 5.25. The summed E-state index contributed by atoms with van der Waals surface area (Å²) in [7, 11) is 0. The maximum Gasteiger partial charge on any atom is 0.362 e. The van der Waals surface area contributed by atoms with Crippen molar-refractivity contribution in [2.45, 2.75) is 13.5 Å². The monoisotopic (exact) mass is 339 g/mol. The van der Waals surface area contributed by atoms with Crippen LogP contribution in [0.15, 0.2) is 53.6 Å². The maximum absolute atomic E-state index is 13.4. The van der Waals surface area contributed by atoms with Crippen molar-refractivity contribution in [1.29, 1.82) is 5.26 Å². The number of hydrogen-bond donors (Lipinski definition) is 1. The molecule has 2 rings (SSSR count). The molecule has 1 N–H and O–H groups in total. The average molecular weight is 339 g/mol. The highest BCUT2D eigenvalue weighted by atomic mass is 19.1. The summed E-state index contributed by atoms with van der Waals surface area (Å²) in [5.74, 6) is -2.16. The molecule has 2 aromatic rings. The highest BCUT2D eigenvalue weighted by Crippen LogP contribution is 2.13. The molecule has 0 amide bonds. The third-order valence-corrected chi connectivity index (χ3v) is 3.06. The minimum absolute atomic E-state index is 0.00941. The van der Waals surface area contributed by atoms with Crippen molar-refractivity contribution in [3.63, 3.8) is 0 Å². The Bertz CT molecular complexity index is 858. The van der Waals surface area contributed by atoms with Gasteiger partial charge in [-0.1, -0.05) is 30.3 Å². The summed E-state index contributed by atoms with van der Waals surface area (Å²) < 4.78 is 18.4. The number of esters is 1. The lowest BCUT2D eigenvalue weighted by Crippen LogP contribution is -2.25. The molecule has 126 valence electrons. The van der Waals surface area contributed by atoms with E-state index in [0.29, 0.717) is 0 Å². The molecule has 0 bridgehead atoms. The van der Waals surface area contributed by atoms with Crippen LogP contribution in [0.3, 0.4) is 0 Å². The highest BCUT2D eigenvalue weighted by molar-refractivity contribution is 6.64. The second kappa shape index (κ2) is 8.36. The fourth-order valence-electron chi connectivity index (χ4n) is 1.90. The number of ether oxygens (including phenoxy) is 1. The number of nitrogens with one attached hydrogen (secondary N) is 1. The lowest BCUT2D eigenvalue weighted by atomic mass is 10.2. The molecule has 7 heteroatoms. The van der Waals surface area contributed by atoms with Gasteiger partial charge >= 0.3 is 5.97 Å². The van der Waals surface area contributed by atoms with E-state index < -0.39 is 23.3 Å². The maximum atomic E-state index is 13.4. The molecule has 2 aromatic carbocycles. The molecule has 6 nitrogen and oxygen atoms in total. The first-order valence-electron chi connectivity index (χ1n) is 7.26. The molecule has 0 spiro atoms. The third-order valence-electron chi connectivity index (χ3n) is 3.06. The van der Waals surface area contributed by atoms with Gasteiger partial charge in [0.2, 0.25) is 5.71 Å². The average Bonchev–Trinajstić information content (AvgIpc) is 2.60. The fourth-order valence-corrected chi connectivity index (χ4v) is 1.90. The van der Waals surface area contributed by atoms with Crippen molar-refractivity contribution in [2.24, 2.45) is 5.10 Å². The SMILES string of the molecule is CC(=O)/C(=N\Nc1cc(F)cc(C#N)c1)C(=O)OCc1ccccc1. The lowest BCUT2D eigenvalue weighted by Gasteiger charge is -2.07. The minimum atomic E-state index is -0.902. The number of hydrogen-bond acceptors (Lipinski definition) is 6. The molecular weight excluding hydrogens is 325 g/mol. The number of ketones is 1. The number of halogens is 1. The Morgan fingerprint density at radius 1 is 1.24 bits per heavy atom. The Balaban J connectivity index is 2.10. The number of benzene rings is 2. The van der Waals surface area contributed by atoms with E-state index in [-0.39, 0.29) is 17.9 Å². The van der Waals surface area contributed by atoms with Crippen molar-refractivity contribution in [2.75, 3.05) is 5.43 Å². The largest absolute Gasteiger partial charge is 0.456 e. The van der Waals surface area contributed by atoms with Crippen LogP contribution in [0.1, 0.15) is 18.1 Å². The van der Waals surface area contributed by atoms with Crippen LogP contribution in [0.5, 0.6) is 0 Å². The van der Waals surface area contributed by atoms with Gasteiger partial charge in [-0.05, 0) is 23.8 Å². The summed E-state index contributed by atoms with van der Waals surface area (Å²) in [4.78, 5) is 23.6. The number of carbonyl (C=O) groups excluding carboxylic acids is 2. The van der Waals surface area contributed by atoms with Gasteiger partial charge < -0.3 is 4.74 Å². The minimum Gasteiger partial charge on any atom is -0.456 e. The zero-order valence-corrected chi connectivity index (χ0v) is 13.3. The summed E-state index contributed by atoms with van der Waals surface area (Å²) in [5, 5.41) is 12.5. The molecular formula is C18H14FN3O3. The van der Waals surface area contributed by atoms with E-state index >= 15 is 0 Å². The van der Waals surface area contributed by atoms with Gasteiger partial charge in [-0.25, -0.2) is 9.18 Å². The Labute approximate surface area is 143 Å². The Kier molecular flexibility index (Phi) is 5.96.